The van der Waals surface area contributed by atoms with E-state index in [1.807, 2.05) is 0 Å². The maximum atomic E-state index is 13.0. The van der Waals surface area contributed by atoms with E-state index in [9.17, 15) is 24.6 Å². The van der Waals surface area contributed by atoms with Gasteiger partial charge in [0.15, 0.2) is 0 Å². The second kappa shape index (κ2) is 9.88. The molecule has 2 aromatic carbocycles. The van der Waals surface area contributed by atoms with E-state index >= 15 is 0 Å². The molecule has 2 rings (SSSR count). The highest BCUT2D eigenvalue weighted by Gasteiger charge is 2.25. The molecule has 0 aliphatic heterocycles. The van der Waals surface area contributed by atoms with Gasteiger partial charge in [-0.25, -0.2) is 4.79 Å². The first-order valence-corrected chi connectivity index (χ1v) is 9.59. The van der Waals surface area contributed by atoms with E-state index in [2.05, 4.69) is 0 Å². The van der Waals surface area contributed by atoms with E-state index in [0.717, 1.165) is 16.3 Å². The van der Waals surface area contributed by atoms with Gasteiger partial charge in [0.2, 0.25) is 11.8 Å². The number of phenolic OH excluding ortho intramolecular Hbond substituents is 1. The number of carboxylic acids is 1. The molecule has 0 saturated carbocycles. The molecule has 0 aliphatic rings. The van der Waals surface area contributed by atoms with Crippen LogP contribution in [-0.4, -0.2) is 51.1 Å². The summed E-state index contributed by atoms with van der Waals surface area (Å²) < 4.78 is 6.40. The van der Waals surface area contributed by atoms with Crippen molar-refractivity contribution < 1.29 is 34.4 Å². The van der Waals surface area contributed by atoms with Gasteiger partial charge < -0.3 is 25.8 Å². The lowest BCUT2D eigenvalue weighted by Gasteiger charge is -2.24. The summed E-state index contributed by atoms with van der Waals surface area (Å²) in [4.78, 5) is 35.8. The molecular weight excluding hydrogens is 412 g/mol. The van der Waals surface area contributed by atoms with Crippen molar-refractivity contribution in [1.29, 1.82) is 0 Å². The van der Waals surface area contributed by atoms with Gasteiger partial charge in [0.1, 0.15) is 29.4 Å². The molecule has 0 fully saturated rings. The van der Waals surface area contributed by atoms with Crippen LogP contribution >= 0.6 is 11.9 Å². The lowest BCUT2D eigenvalue weighted by Crippen LogP contribution is -2.37. The number of ether oxygens (including phenoxy) is 1. The van der Waals surface area contributed by atoms with Gasteiger partial charge in [-0.1, -0.05) is 6.92 Å². The topological polar surface area (TPSA) is 150 Å². The molecule has 0 saturated heterocycles. The molecule has 2 aromatic rings. The monoisotopic (exact) mass is 434 g/mol. The maximum absolute atomic E-state index is 13.0. The number of carbonyl (C=O) groups is 3. The number of rotatable bonds is 9. The van der Waals surface area contributed by atoms with Crippen LogP contribution in [0.3, 0.4) is 0 Å². The Morgan fingerprint density at radius 2 is 1.87 bits per heavy atom. The predicted octanol–water partition coefficient (Wildman–Crippen LogP) is 2.00. The van der Waals surface area contributed by atoms with Crippen molar-refractivity contribution in [1.82, 2.24) is 4.31 Å². The van der Waals surface area contributed by atoms with Gasteiger partial charge in [-0.3, -0.25) is 13.9 Å². The Kier molecular flexibility index (Phi) is 7.54. The number of methoxy groups -OCH3 is 1. The van der Waals surface area contributed by atoms with E-state index in [1.54, 1.807) is 13.0 Å². The molecule has 0 bridgehead atoms. The molecule has 1 atom stereocenters. The molecule has 160 valence electrons. The van der Waals surface area contributed by atoms with E-state index in [1.165, 1.54) is 37.4 Å². The van der Waals surface area contributed by atoms with Crippen LogP contribution in [0.1, 0.15) is 22.8 Å². The smallest absolute Gasteiger partial charge is 0.339 e. The zero-order valence-corrected chi connectivity index (χ0v) is 17.2. The van der Waals surface area contributed by atoms with Crippen molar-refractivity contribution in [3.05, 3.63) is 47.5 Å². The average molecular weight is 434 g/mol. The fourth-order valence-electron chi connectivity index (χ4n) is 2.76. The first kappa shape index (κ1) is 22.9. The Labute approximate surface area is 177 Å². The average Bonchev–Trinajstić information content (AvgIpc) is 2.66. The molecule has 0 aromatic heterocycles. The number of benzene rings is 2. The summed E-state index contributed by atoms with van der Waals surface area (Å²) in [7, 11) is 1.48. The quantitative estimate of drug-likeness (QED) is 0.438. The van der Waals surface area contributed by atoms with Gasteiger partial charge in [-0.2, -0.15) is 0 Å². The largest absolute Gasteiger partial charge is 0.508 e. The van der Waals surface area contributed by atoms with E-state index in [-0.39, 0.29) is 24.3 Å². The van der Waals surface area contributed by atoms with Crippen LogP contribution in [0.2, 0.25) is 0 Å². The van der Waals surface area contributed by atoms with E-state index < -0.39 is 29.5 Å². The standard InChI is InChI=1S/C20H22N2O7S/c1-11(7-12-8-13(23)3-6-17(12)29-2)19(26)22(10-18(21)25)30-14-4-5-15(20(27)28)16(24)9-14/h3-6,8-9,11,23-24H,7,10H2,1-2H3,(H2,21,25)(H,27,28). The Morgan fingerprint density at radius 3 is 2.43 bits per heavy atom. The number of hydrogen-bond acceptors (Lipinski definition) is 7. The van der Waals surface area contributed by atoms with Crippen LogP contribution in [0.15, 0.2) is 41.3 Å². The number of primary amides is 1. The van der Waals surface area contributed by atoms with Crippen molar-refractivity contribution >= 4 is 29.7 Å². The molecule has 0 heterocycles. The Hall–Kier alpha value is -3.40. The maximum Gasteiger partial charge on any atom is 0.339 e. The van der Waals surface area contributed by atoms with Gasteiger partial charge >= 0.3 is 5.97 Å². The van der Waals surface area contributed by atoms with Crippen LogP contribution in [0, 0.1) is 5.92 Å². The van der Waals surface area contributed by atoms with Gasteiger partial charge in [0.25, 0.3) is 0 Å². The number of aromatic carboxylic acids is 1. The van der Waals surface area contributed by atoms with Crippen LogP contribution in [0.25, 0.3) is 0 Å². The third-order valence-electron chi connectivity index (χ3n) is 4.17. The Balaban J connectivity index is 2.22. The van der Waals surface area contributed by atoms with Crippen LogP contribution in [0.5, 0.6) is 17.2 Å². The molecule has 30 heavy (non-hydrogen) atoms. The summed E-state index contributed by atoms with van der Waals surface area (Å²) in [6.07, 6.45) is 0.232. The van der Waals surface area contributed by atoms with Gasteiger partial charge in [-0.15, -0.1) is 0 Å². The fraction of sp³-hybridized carbons (Fsp3) is 0.250. The second-order valence-corrected chi connectivity index (χ2v) is 7.61. The summed E-state index contributed by atoms with van der Waals surface area (Å²) in [6, 6.07) is 8.36. The summed E-state index contributed by atoms with van der Waals surface area (Å²) in [6.45, 7) is 1.28. The minimum absolute atomic E-state index is 0.0304. The van der Waals surface area contributed by atoms with Crippen molar-refractivity contribution in [2.75, 3.05) is 13.7 Å². The Bertz CT molecular complexity index is 964. The molecule has 9 nitrogen and oxygen atoms in total. The number of nitrogens with two attached hydrogens (primary N) is 1. The van der Waals surface area contributed by atoms with E-state index in [0.29, 0.717) is 16.2 Å². The molecule has 5 N–H and O–H groups in total. The van der Waals surface area contributed by atoms with Crippen LogP contribution in [0.4, 0.5) is 0 Å². The number of aromatic hydroxyl groups is 2. The number of phenols is 2. The van der Waals surface area contributed by atoms with Gasteiger partial charge in [-0.05, 0) is 60.3 Å². The lowest BCUT2D eigenvalue weighted by molar-refractivity contribution is -0.132. The summed E-state index contributed by atoms with van der Waals surface area (Å²) in [5.41, 5.74) is 5.61. The molecule has 10 heteroatoms. The van der Waals surface area contributed by atoms with E-state index in [4.69, 9.17) is 15.6 Å². The normalized spacial score (nSPS) is 11.5. The summed E-state index contributed by atoms with van der Waals surface area (Å²) >= 11 is 0.861. The number of hydrogen-bond donors (Lipinski definition) is 4. The number of carbonyl (C=O) groups excluding carboxylic acids is 2. The van der Waals surface area contributed by atoms with Gasteiger partial charge in [0.05, 0.1) is 7.11 Å². The third-order valence-corrected chi connectivity index (χ3v) is 5.17. The second-order valence-electron chi connectivity index (χ2n) is 6.52. The highest BCUT2D eigenvalue weighted by atomic mass is 32.2. The highest BCUT2D eigenvalue weighted by Crippen LogP contribution is 2.31. The first-order valence-electron chi connectivity index (χ1n) is 8.82. The van der Waals surface area contributed by atoms with Crippen molar-refractivity contribution in [3.8, 4) is 17.2 Å². The van der Waals surface area contributed by atoms with Crippen molar-refractivity contribution in [2.24, 2.45) is 11.7 Å². The fourth-order valence-corrected chi connectivity index (χ4v) is 3.77. The molecule has 0 spiro atoms. The number of nitrogens with zero attached hydrogens (tertiary/aromatic N) is 1. The number of carboxylic acid groups (broad SMARTS) is 1. The zero-order chi connectivity index (χ0) is 22.4. The summed E-state index contributed by atoms with van der Waals surface area (Å²) in [5.74, 6) is -2.95. The minimum atomic E-state index is -1.29. The third kappa shape index (κ3) is 5.80. The van der Waals surface area contributed by atoms with Crippen molar-refractivity contribution in [2.45, 2.75) is 18.2 Å². The van der Waals surface area contributed by atoms with Crippen LogP contribution < -0.4 is 10.5 Å². The highest BCUT2D eigenvalue weighted by molar-refractivity contribution is 7.97. The SMILES string of the molecule is COc1ccc(O)cc1CC(C)C(=O)N(CC(N)=O)Sc1ccc(C(=O)O)c(O)c1. The molecule has 1 unspecified atom stereocenters. The minimum Gasteiger partial charge on any atom is -0.508 e. The molecular formula is C20H22N2O7S. The summed E-state index contributed by atoms with van der Waals surface area (Å²) in [5, 5.41) is 28.6. The predicted molar refractivity (Wildman–Crippen MR) is 109 cm³/mol. The van der Waals surface area contributed by atoms with Crippen molar-refractivity contribution in [3.63, 3.8) is 0 Å². The molecule has 2 amide bonds. The van der Waals surface area contributed by atoms with Crippen LogP contribution in [-0.2, 0) is 16.0 Å². The zero-order valence-electron chi connectivity index (χ0n) is 16.4. The Morgan fingerprint density at radius 1 is 1.17 bits per heavy atom. The van der Waals surface area contributed by atoms with Gasteiger partial charge in [0, 0.05) is 10.8 Å². The number of amides is 2. The molecule has 0 radical (unpaired) electrons. The molecule has 0 aliphatic carbocycles. The lowest BCUT2D eigenvalue weighted by atomic mass is 9.99. The first-order chi connectivity index (χ1) is 14.1.